The van der Waals surface area contributed by atoms with Crippen molar-refractivity contribution in [2.45, 2.75) is 6.43 Å². The standard InChI is InChI=1S/C7H12F2N2/c1-2-3-10-4-5-11-6-7(8)9/h1,7,10-11H,3-6H2. The molecule has 0 radical (unpaired) electrons. The van der Waals surface area contributed by atoms with Crippen LogP contribution in [0.25, 0.3) is 0 Å². The van der Waals surface area contributed by atoms with Gasteiger partial charge in [-0.25, -0.2) is 8.78 Å². The van der Waals surface area contributed by atoms with Crippen LogP contribution in [0.15, 0.2) is 0 Å². The third kappa shape index (κ3) is 9.34. The van der Waals surface area contributed by atoms with E-state index in [1.165, 1.54) is 0 Å². The lowest BCUT2D eigenvalue weighted by molar-refractivity contribution is 0.146. The number of hydrogen-bond donors (Lipinski definition) is 2. The molecule has 0 aliphatic rings. The Kier molecular flexibility index (Phi) is 7.00. The molecule has 0 unspecified atom stereocenters. The minimum Gasteiger partial charge on any atom is -0.310 e. The predicted molar refractivity (Wildman–Crippen MR) is 40.6 cm³/mol. The zero-order chi connectivity index (χ0) is 8.53. The van der Waals surface area contributed by atoms with Crippen LogP contribution in [0.3, 0.4) is 0 Å². The fourth-order valence-electron chi connectivity index (χ4n) is 0.549. The van der Waals surface area contributed by atoms with Gasteiger partial charge in [-0.1, -0.05) is 5.92 Å². The van der Waals surface area contributed by atoms with E-state index < -0.39 is 6.43 Å². The van der Waals surface area contributed by atoms with E-state index in [-0.39, 0.29) is 6.54 Å². The van der Waals surface area contributed by atoms with E-state index >= 15 is 0 Å². The van der Waals surface area contributed by atoms with Gasteiger partial charge in [-0.3, -0.25) is 0 Å². The van der Waals surface area contributed by atoms with Gasteiger partial charge in [-0.2, -0.15) is 0 Å². The van der Waals surface area contributed by atoms with Gasteiger partial charge < -0.3 is 10.6 Å². The highest BCUT2D eigenvalue weighted by Crippen LogP contribution is 1.86. The Balaban J connectivity index is 2.86. The lowest BCUT2D eigenvalue weighted by atomic mass is 10.5. The molecule has 0 saturated carbocycles. The molecule has 0 aromatic carbocycles. The van der Waals surface area contributed by atoms with E-state index in [1.807, 2.05) is 0 Å². The van der Waals surface area contributed by atoms with Crippen molar-refractivity contribution >= 4 is 0 Å². The fourth-order valence-corrected chi connectivity index (χ4v) is 0.549. The molecule has 4 heteroatoms. The Bertz CT molecular complexity index is 120. The maximum atomic E-state index is 11.5. The maximum absolute atomic E-state index is 11.5. The molecule has 11 heavy (non-hydrogen) atoms. The maximum Gasteiger partial charge on any atom is 0.250 e. The van der Waals surface area contributed by atoms with Crippen LogP contribution in [0.4, 0.5) is 8.78 Å². The van der Waals surface area contributed by atoms with Gasteiger partial charge in [-0.05, 0) is 0 Å². The number of alkyl halides is 2. The van der Waals surface area contributed by atoms with Gasteiger partial charge in [0.05, 0.1) is 13.1 Å². The normalized spacial score (nSPS) is 10.0. The van der Waals surface area contributed by atoms with E-state index in [9.17, 15) is 8.78 Å². The van der Waals surface area contributed by atoms with Crippen molar-refractivity contribution in [2.24, 2.45) is 0 Å². The highest BCUT2D eigenvalue weighted by Gasteiger charge is 1.98. The highest BCUT2D eigenvalue weighted by atomic mass is 19.3. The molecule has 0 rings (SSSR count). The summed E-state index contributed by atoms with van der Waals surface area (Å²) in [5, 5.41) is 5.43. The third-order valence-corrected chi connectivity index (χ3v) is 1.00. The van der Waals surface area contributed by atoms with E-state index in [0.717, 1.165) is 0 Å². The average molecular weight is 162 g/mol. The van der Waals surface area contributed by atoms with Gasteiger partial charge in [0.2, 0.25) is 0 Å². The van der Waals surface area contributed by atoms with E-state index in [1.54, 1.807) is 0 Å². The topological polar surface area (TPSA) is 24.1 Å². The number of nitrogens with one attached hydrogen (secondary N) is 2. The Hall–Kier alpha value is -0.660. The van der Waals surface area contributed by atoms with Crippen molar-refractivity contribution < 1.29 is 8.78 Å². The smallest absolute Gasteiger partial charge is 0.250 e. The summed E-state index contributed by atoms with van der Waals surface area (Å²) in [7, 11) is 0. The van der Waals surface area contributed by atoms with Crippen LogP contribution in [0.2, 0.25) is 0 Å². The Labute approximate surface area is 65.4 Å². The van der Waals surface area contributed by atoms with Gasteiger partial charge in [-0.15, -0.1) is 6.42 Å². The predicted octanol–water partition coefficient (Wildman–Crippen LogP) is 0.0639. The molecule has 0 bridgehead atoms. The molecule has 2 nitrogen and oxygen atoms in total. The molecule has 0 heterocycles. The first-order valence-corrected chi connectivity index (χ1v) is 3.40. The fraction of sp³-hybridized carbons (Fsp3) is 0.714. The lowest BCUT2D eigenvalue weighted by Crippen LogP contribution is -2.30. The second-order valence-corrected chi connectivity index (χ2v) is 1.98. The van der Waals surface area contributed by atoms with Crippen LogP contribution >= 0.6 is 0 Å². The Morgan fingerprint density at radius 1 is 1.27 bits per heavy atom. The molecule has 0 aliphatic heterocycles. The summed E-state index contributed by atoms with van der Waals surface area (Å²) in [5.74, 6) is 2.38. The first-order valence-electron chi connectivity index (χ1n) is 3.40. The van der Waals surface area contributed by atoms with Crippen LogP contribution in [-0.2, 0) is 0 Å². The first-order chi connectivity index (χ1) is 5.27. The molecular formula is C7H12F2N2. The largest absolute Gasteiger partial charge is 0.310 e. The van der Waals surface area contributed by atoms with Crippen LogP contribution in [0, 0.1) is 12.3 Å². The third-order valence-electron chi connectivity index (χ3n) is 1.00. The van der Waals surface area contributed by atoms with Gasteiger partial charge >= 0.3 is 0 Å². The Morgan fingerprint density at radius 2 is 1.91 bits per heavy atom. The van der Waals surface area contributed by atoms with Crippen LogP contribution in [0.5, 0.6) is 0 Å². The molecule has 0 aromatic rings. The quantitative estimate of drug-likeness (QED) is 0.426. The summed E-state index contributed by atoms with van der Waals surface area (Å²) >= 11 is 0. The number of rotatable bonds is 6. The highest BCUT2D eigenvalue weighted by molar-refractivity contribution is 4.86. The van der Waals surface area contributed by atoms with Gasteiger partial charge in [0.1, 0.15) is 0 Å². The van der Waals surface area contributed by atoms with Crippen molar-refractivity contribution in [1.29, 1.82) is 0 Å². The number of halogens is 2. The summed E-state index contributed by atoms with van der Waals surface area (Å²) < 4.78 is 23.0. The van der Waals surface area contributed by atoms with Crippen molar-refractivity contribution in [3.63, 3.8) is 0 Å². The summed E-state index contributed by atoms with van der Waals surface area (Å²) in [6.07, 6.45) is 2.66. The van der Waals surface area contributed by atoms with E-state index in [4.69, 9.17) is 6.42 Å². The van der Waals surface area contributed by atoms with Crippen LogP contribution in [-0.4, -0.2) is 32.6 Å². The van der Waals surface area contributed by atoms with Crippen molar-refractivity contribution in [3.05, 3.63) is 0 Å². The van der Waals surface area contributed by atoms with Crippen molar-refractivity contribution in [3.8, 4) is 12.3 Å². The van der Waals surface area contributed by atoms with Gasteiger partial charge in [0.15, 0.2) is 0 Å². The van der Waals surface area contributed by atoms with E-state index in [0.29, 0.717) is 19.6 Å². The van der Waals surface area contributed by atoms with Gasteiger partial charge in [0, 0.05) is 13.1 Å². The molecule has 0 aliphatic carbocycles. The van der Waals surface area contributed by atoms with Crippen LogP contribution < -0.4 is 10.6 Å². The minimum atomic E-state index is -2.28. The molecule has 0 atom stereocenters. The average Bonchev–Trinajstić information content (AvgIpc) is 1.96. The monoisotopic (exact) mass is 162 g/mol. The molecule has 2 N–H and O–H groups in total. The first kappa shape index (κ1) is 10.3. The molecule has 0 amide bonds. The summed E-state index contributed by atoms with van der Waals surface area (Å²) in [4.78, 5) is 0. The van der Waals surface area contributed by atoms with Gasteiger partial charge in [0.25, 0.3) is 6.43 Å². The lowest BCUT2D eigenvalue weighted by Gasteiger charge is -2.02. The summed E-state index contributed by atoms with van der Waals surface area (Å²) in [5.41, 5.74) is 0. The molecule has 0 aromatic heterocycles. The van der Waals surface area contributed by atoms with Crippen LogP contribution in [0.1, 0.15) is 0 Å². The second-order valence-electron chi connectivity index (χ2n) is 1.98. The zero-order valence-corrected chi connectivity index (χ0v) is 6.24. The molecule has 64 valence electrons. The molecule has 0 fully saturated rings. The van der Waals surface area contributed by atoms with Crippen molar-refractivity contribution in [1.82, 2.24) is 10.6 Å². The SMILES string of the molecule is C#CCNCCNCC(F)F. The summed E-state index contributed by atoms with van der Waals surface area (Å²) in [6.45, 7) is 1.37. The summed E-state index contributed by atoms with van der Waals surface area (Å²) in [6, 6.07) is 0. The molecular weight excluding hydrogens is 150 g/mol. The Morgan fingerprint density at radius 3 is 2.45 bits per heavy atom. The molecule has 0 spiro atoms. The minimum absolute atomic E-state index is 0.252. The number of terminal acetylenes is 1. The zero-order valence-electron chi connectivity index (χ0n) is 6.24. The molecule has 0 saturated heterocycles. The second kappa shape index (κ2) is 7.45. The van der Waals surface area contributed by atoms with E-state index in [2.05, 4.69) is 16.6 Å². The van der Waals surface area contributed by atoms with Crippen molar-refractivity contribution in [2.75, 3.05) is 26.2 Å². The number of hydrogen-bond acceptors (Lipinski definition) is 2.